The van der Waals surface area contributed by atoms with Crippen LogP contribution in [0.15, 0.2) is 48.5 Å². The highest BCUT2D eigenvalue weighted by Crippen LogP contribution is 2.31. The predicted molar refractivity (Wildman–Crippen MR) is 69.0 cm³/mol. The molecule has 0 bridgehead atoms. The predicted octanol–water partition coefficient (Wildman–Crippen LogP) is 3.73. The number of carbonyl (C=O) groups is 1. The first-order chi connectivity index (χ1) is 9.90. The Hall–Kier alpha value is -2.34. The lowest BCUT2D eigenvalue weighted by molar-refractivity contribution is -0.137. The van der Waals surface area contributed by atoms with Gasteiger partial charge in [-0.25, -0.2) is 0 Å². The van der Waals surface area contributed by atoms with E-state index in [1.807, 2.05) is 0 Å². The molecule has 0 fully saturated rings. The van der Waals surface area contributed by atoms with Gasteiger partial charge in [-0.15, -0.1) is 0 Å². The van der Waals surface area contributed by atoms with Gasteiger partial charge in [0.15, 0.2) is 6.29 Å². The van der Waals surface area contributed by atoms with E-state index in [0.29, 0.717) is 17.6 Å². The Morgan fingerprint density at radius 2 is 1.43 bits per heavy atom. The van der Waals surface area contributed by atoms with Crippen LogP contribution >= 0.6 is 0 Å². The summed E-state index contributed by atoms with van der Waals surface area (Å²) >= 11 is 0. The summed E-state index contributed by atoms with van der Waals surface area (Å²) in [6.45, 7) is 0. The van der Waals surface area contributed by atoms with Crippen molar-refractivity contribution in [2.75, 3.05) is 0 Å². The fourth-order valence-electron chi connectivity index (χ4n) is 1.66. The number of benzene rings is 2. The van der Waals surface area contributed by atoms with Crippen molar-refractivity contribution in [2.24, 2.45) is 0 Å². The molecule has 0 heterocycles. The smallest absolute Gasteiger partial charge is 0.416 e. The zero-order valence-electron chi connectivity index (χ0n) is 10.7. The molecule has 0 amide bonds. The Bertz CT molecular complexity index is 604. The number of aliphatic hydroxyl groups excluding tert-OH is 1. The van der Waals surface area contributed by atoms with E-state index >= 15 is 0 Å². The Balaban J connectivity index is 2.09. The molecular formula is C15H11F3O3. The van der Waals surface area contributed by atoms with E-state index in [2.05, 4.69) is 0 Å². The highest BCUT2D eigenvalue weighted by molar-refractivity contribution is 5.59. The molecule has 0 aliphatic rings. The summed E-state index contributed by atoms with van der Waals surface area (Å²) in [5, 5.41) is 9.30. The quantitative estimate of drug-likeness (QED) is 0.874. The van der Waals surface area contributed by atoms with Gasteiger partial charge in [0.05, 0.1) is 5.56 Å². The van der Waals surface area contributed by atoms with Crippen LogP contribution in [0.25, 0.3) is 0 Å². The minimum Gasteiger partial charge on any atom is -0.457 e. The number of aldehydes is 1. The highest BCUT2D eigenvalue weighted by atomic mass is 19.4. The molecule has 1 unspecified atom stereocenters. The van der Waals surface area contributed by atoms with Gasteiger partial charge in [0.1, 0.15) is 17.6 Å². The number of aliphatic hydroxyl groups is 1. The minimum atomic E-state index is -4.38. The van der Waals surface area contributed by atoms with E-state index in [1.165, 1.54) is 36.4 Å². The number of hydrogen-bond donors (Lipinski definition) is 1. The van der Waals surface area contributed by atoms with Crippen molar-refractivity contribution in [3.05, 3.63) is 59.7 Å². The molecule has 0 aromatic heterocycles. The first-order valence-corrected chi connectivity index (χ1v) is 5.98. The van der Waals surface area contributed by atoms with Crippen molar-refractivity contribution < 1.29 is 27.8 Å². The molecule has 0 spiro atoms. The Kier molecular flexibility index (Phi) is 4.28. The number of carbonyl (C=O) groups excluding carboxylic acids is 1. The van der Waals surface area contributed by atoms with Gasteiger partial charge in [0.25, 0.3) is 0 Å². The molecule has 110 valence electrons. The second-order valence-electron chi connectivity index (χ2n) is 4.27. The molecule has 3 nitrogen and oxygen atoms in total. The Morgan fingerprint density at radius 3 is 1.86 bits per heavy atom. The summed E-state index contributed by atoms with van der Waals surface area (Å²) in [7, 11) is 0. The molecule has 0 aliphatic heterocycles. The maximum atomic E-state index is 12.4. The van der Waals surface area contributed by atoms with Crippen LogP contribution in [-0.2, 0) is 11.0 Å². The molecule has 1 N–H and O–H groups in total. The normalized spacial score (nSPS) is 12.8. The van der Waals surface area contributed by atoms with E-state index in [9.17, 15) is 23.1 Å². The zero-order chi connectivity index (χ0) is 15.5. The van der Waals surface area contributed by atoms with Gasteiger partial charge in [0.2, 0.25) is 0 Å². The third kappa shape index (κ3) is 3.82. The molecule has 21 heavy (non-hydrogen) atoms. The largest absolute Gasteiger partial charge is 0.457 e. The number of hydrogen-bond acceptors (Lipinski definition) is 3. The van der Waals surface area contributed by atoms with Crippen LogP contribution in [-0.4, -0.2) is 11.4 Å². The van der Waals surface area contributed by atoms with Gasteiger partial charge in [0, 0.05) is 0 Å². The maximum absolute atomic E-state index is 12.4. The van der Waals surface area contributed by atoms with Crippen LogP contribution in [0, 0.1) is 0 Å². The van der Waals surface area contributed by atoms with Crippen LogP contribution in [0.4, 0.5) is 13.2 Å². The second-order valence-corrected chi connectivity index (χ2v) is 4.27. The van der Waals surface area contributed by atoms with Crippen LogP contribution in [0.1, 0.15) is 17.2 Å². The highest BCUT2D eigenvalue weighted by Gasteiger charge is 2.30. The number of alkyl halides is 3. The van der Waals surface area contributed by atoms with Crippen molar-refractivity contribution in [1.82, 2.24) is 0 Å². The van der Waals surface area contributed by atoms with Crippen molar-refractivity contribution in [3.8, 4) is 11.5 Å². The van der Waals surface area contributed by atoms with Crippen LogP contribution in [0.5, 0.6) is 11.5 Å². The summed E-state index contributed by atoms with van der Waals surface area (Å²) in [6.07, 6.45) is -5.19. The summed E-state index contributed by atoms with van der Waals surface area (Å²) in [5.41, 5.74) is -0.343. The maximum Gasteiger partial charge on any atom is 0.416 e. The molecule has 0 aliphatic carbocycles. The van der Waals surface area contributed by atoms with Crippen molar-refractivity contribution in [2.45, 2.75) is 12.3 Å². The zero-order valence-corrected chi connectivity index (χ0v) is 10.7. The minimum absolute atomic E-state index is 0.256. The van der Waals surface area contributed by atoms with Gasteiger partial charge in [-0.1, -0.05) is 12.1 Å². The van der Waals surface area contributed by atoms with Gasteiger partial charge in [-0.2, -0.15) is 13.2 Å². The Labute approximate surface area is 118 Å². The molecule has 2 rings (SSSR count). The topological polar surface area (TPSA) is 46.5 Å². The lowest BCUT2D eigenvalue weighted by Crippen LogP contribution is -2.04. The number of halogens is 3. The summed E-state index contributed by atoms with van der Waals surface area (Å²) in [5.74, 6) is 0.642. The van der Waals surface area contributed by atoms with Gasteiger partial charge >= 0.3 is 6.18 Å². The molecule has 1 atom stereocenters. The average Bonchev–Trinajstić information content (AvgIpc) is 2.47. The van der Waals surface area contributed by atoms with Gasteiger partial charge in [-0.3, -0.25) is 0 Å². The summed E-state index contributed by atoms with van der Waals surface area (Å²) < 4.78 is 42.6. The molecule has 0 radical (unpaired) electrons. The number of ether oxygens (including phenoxy) is 1. The summed E-state index contributed by atoms with van der Waals surface area (Å²) in [6, 6.07) is 10.3. The van der Waals surface area contributed by atoms with E-state index in [-0.39, 0.29) is 5.75 Å². The third-order valence-electron chi connectivity index (χ3n) is 2.77. The molecular weight excluding hydrogens is 285 g/mol. The first-order valence-electron chi connectivity index (χ1n) is 5.98. The van der Waals surface area contributed by atoms with Crippen molar-refractivity contribution >= 4 is 6.29 Å². The lowest BCUT2D eigenvalue weighted by Gasteiger charge is -2.10. The van der Waals surface area contributed by atoms with E-state index in [4.69, 9.17) is 4.74 Å². The standard InChI is InChI=1S/C15H11F3O3/c16-15(17,18)11-3-7-13(8-4-11)21-12-5-1-10(2-6-12)14(20)9-19/h1-9,14,20H. The molecule has 2 aromatic carbocycles. The van der Waals surface area contributed by atoms with Gasteiger partial charge in [-0.05, 0) is 42.0 Å². The molecule has 6 heteroatoms. The van der Waals surface area contributed by atoms with Crippen LogP contribution in [0.2, 0.25) is 0 Å². The summed E-state index contributed by atoms with van der Waals surface area (Å²) in [4.78, 5) is 10.4. The van der Waals surface area contributed by atoms with E-state index in [0.717, 1.165) is 12.1 Å². The van der Waals surface area contributed by atoms with Crippen molar-refractivity contribution in [1.29, 1.82) is 0 Å². The van der Waals surface area contributed by atoms with Crippen LogP contribution < -0.4 is 4.74 Å². The fourth-order valence-corrected chi connectivity index (χ4v) is 1.66. The second kappa shape index (κ2) is 5.97. The van der Waals surface area contributed by atoms with E-state index in [1.54, 1.807) is 0 Å². The SMILES string of the molecule is O=CC(O)c1ccc(Oc2ccc(C(F)(F)F)cc2)cc1. The lowest BCUT2D eigenvalue weighted by atomic mass is 10.1. The van der Waals surface area contributed by atoms with Crippen molar-refractivity contribution in [3.63, 3.8) is 0 Å². The molecule has 0 saturated heterocycles. The number of rotatable bonds is 4. The molecule has 2 aromatic rings. The molecule has 0 saturated carbocycles. The fraction of sp³-hybridized carbons (Fsp3) is 0.133. The first kappa shape index (κ1) is 15.1. The Morgan fingerprint density at radius 1 is 0.952 bits per heavy atom. The van der Waals surface area contributed by atoms with Crippen LogP contribution in [0.3, 0.4) is 0 Å². The average molecular weight is 296 g/mol. The monoisotopic (exact) mass is 296 g/mol. The van der Waals surface area contributed by atoms with E-state index < -0.39 is 17.8 Å². The van der Waals surface area contributed by atoms with Gasteiger partial charge < -0.3 is 14.6 Å². The third-order valence-corrected chi connectivity index (χ3v) is 2.77.